The molecule has 2 aliphatic heterocycles. The van der Waals surface area contributed by atoms with Crippen LogP contribution < -0.4 is 4.74 Å². The average Bonchev–Trinajstić information content (AvgIpc) is 2.39. The molecule has 114 valence electrons. The average molecular weight is 316 g/mol. The summed E-state index contributed by atoms with van der Waals surface area (Å²) in [4.78, 5) is 12.7. The maximum absolute atomic E-state index is 13.6. The Kier molecular flexibility index (Phi) is 3.84. The number of hydrogen-bond donors (Lipinski definition) is 1. The van der Waals surface area contributed by atoms with Crippen LogP contribution in [0.2, 0.25) is 5.15 Å². The zero-order valence-electron chi connectivity index (χ0n) is 11.2. The summed E-state index contributed by atoms with van der Waals surface area (Å²) in [5.41, 5.74) is 0. The smallest absolute Gasteiger partial charge is 0.407 e. The molecule has 0 aliphatic carbocycles. The standard InChI is InChI=1S/C13H15ClFN3O3/c14-11-1-2-12(17-16-11)21-10-5-8-3-7(15)4-9(6-10)18(8)13(19)20/h1-2,7-10H,3-6H2,(H,19,20). The van der Waals surface area contributed by atoms with Crippen LogP contribution in [0.1, 0.15) is 25.7 Å². The number of fused-ring (bicyclic) bond motifs is 2. The van der Waals surface area contributed by atoms with Gasteiger partial charge < -0.3 is 14.7 Å². The maximum Gasteiger partial charge on any atom is 0.407 e. The third-order valence-corrected chi connectivity index (χ3v) is 4.23. The van der Waals surface area contributed by atoms with Gasteiger partial charge in [0.1, 0.15) is 12.3 Å². The van der Waals surface area contributed by atoms with Gasteiger partial charge in [-0.15, -0.1) is 10.2 Å². The zero-order valence-corrected chi connectivity index (χ0v) is 11.9. The van der Waals surface area contributed by atoms with Gasteiger partial charge in [-0.25, -0.2) is 9.18 Å². The molecule has 1 amide bonds. The van der Waals surface area contributed by atoms with E-state index in [-0.39, 0.29) is 36.2 Å². The van der Waals surface area contributed by atoms with E-state index in [2.05, 4.69) is 10.2 Å². The van der Waals surface area contributed by atoms with Gasteiger partial charge in [0, 0.05) is 31.0 Å². The van der Waals surface area contributed by atoms with E-state index in [1.54, 1.807) is 12.1 Å². The van der Waals surface area contributed by atoms with E-state index >= 15 is 0 Å². The molecular formula is C13H15ClFN3O3. The zero-order chi connectivity index (χ0) is 15.0. The third kappa shape index (κ3) is 3.02. The first kappa shape index (κ1) is 14.3. The number of nitrogens with zero attached hydrogens (tertiary/aromatic N) is 3. The minimum atomic E-state index is -0.985. The Morgan fingerprint density at radius 3 is 2.48 bits per heavy atom. The summed E-state index contributed by atoms with van der Waals surface area (Å²) in [7, 11) is 0. The van der Waals surface area contributed by atoms with Crippen molar-refractivity contribution in [1.82, 2.24) is 15.1 Å². The van der Waals surface area contributed by atoms with Gasteiger partial charge in [-0.2, -0.15) is 0 Å². The third-order valence-electron chi connectivity index (χ3n) is 4.03. The molecule has 21 heavy (non-hydrogen) atoms. The second kappa shape index (κ2) is 5.63. The van der Waals surface area contributed by atoms with Crippen molar-refractivity contribution in [2.75, 3.05) is 0 Å². The molecule has 0 saturated carbocycles. The van der Waals surface area contributed by atoms with Crippen molar-refractivity contribution in [3.63, 3.8) is 0 Å². The lowest BCUT2D eigenvalue weighted by molar-refractivity contribution is -0.0297. The van der Waals surface area contributed by atoms with Crippen LogP contribution in [0.5, 0.6) is 5.88 Å². The van der Waals surface area contributed by atoms with Crippen molar-refractivity contribution < 1.29 is 19.0 Å². The van der Waals surface area contributed by atoms with Crippen molar-refractivity contribution in [3.05, 3.63) is 17.3 Å². The van der Waals surface area contributed by atoms with Crippen molar-refractivity contribution in [2.45, 2.75) is 50.0 Å². The van der Waals surface area contributed by atoms with Crippen LogP contribution in [0.25, 0.3) is 0 Å². The van der Waals surface area contributed by atoms with Gasteiger partial charge in [0.05, 0.1) is 0 Å². The minimum absolute atomic E-state index is 0.182. The second-order valence-corrected chi connectivity index (χ2v) is 5.86. The molecule has 2 aliphatic rings. The summed E-state index contributed by atoms with van der Waals surface area (Å²) < 4.78 is 19.4. The Bertz CT molecular complexity index is 514. The van der Waals surface area contributed by atoms with Crippen molar-refractivity contribution in [2.24, 2.45) is 0 Å². The van der Waals surface area contributed by atoms with Gasteiger partial charge >= 0.3 is 6.09 Å². The highest BCUT2D eigenvalue weighted by Gasteiger charge is 2.45. The molecule has 0 spiro atoms. The molecule has 3 rings (SSSR count). The monoisotopic (exact) mass is 315 g/mol. The Labute approximate surface area is 125 Å². The summed E-state index contributed by atoms with van der Waals surface area (Å²) in [6.07, 6.45) is -0.711. The lowest BCUT2D eigenvalue weighted by Gasteiger charge is -2.47. The van der Waals surface area contributed by atoms with E-state index in [0.717, 1.165) is 0 Å². The number of aromatic nitrogens is 2. The molecule has 6 nitrogen and oxygen atoms in total. The van der Waals surface area contributed by atoms with Gasteiger partial charge in [-0.1, -0.05) is 11.6 Å². The first-order chi connectivity index (χ1) is 10.0. The number of hydrogen-bond acceptors (Lipinski definition) is 4. The molecule has 1 aromatic heterocycles. The van der Waals surface area contributed by atoms with Gasteiger partial charge in [0.2, 0.25) is 5.88 Å². The van der Waals surface area contributed by atoms with Crippen LogP contribution in [-0.2, 0) is 0 Å². The molecule has 1 aromatic rings. The lowest BCUT2D eigenvalue weighted by atomic mass is 9.82. The number of alkyl halides is 1. The van der Waals surface area contributed by atoms with E-state index in [0.29, 0.717) is 18.7 Å². The van der Waals surface area contributed by atoms with Crippen LogP contribution in [0.4, 0.5) is 9.18 Å². The number of piperidine rings is 2. The maximum atomic E-state index is 13.6. The molecule has 2 unspecified atom stereocenters. The predicted molar refractivity (Wildman–Crippen MR) is 72.3 cm³/mol. The Hall–Kier alpha value is -1.63. The summed E-state index contributed by atoms with van der Waals surface area (Å²) in [5, 5.41) is 17.1. The quantitative estimate of drug-likeness (QED) is 0.907. The summed E-state index contributed by atoms with van der Waals surface area (Å²) in [6.45, 7) is 0. The largest absolute Gasteiger partial charge is 0.473 e. The highest BCUT2D eigenvalue weighted by molar-refractivity contribution is 6.29. The van der Waals surface area contributed by atoms with Crippen LogP contribution >= 0.6 is 11.6 Å². The topological polar surface area (TPSA) is 75.5 Å². The molecule has 8 heteroatoms. The van der Waals surface area contributed by atoms with Gasteiger partial charge in [0.15, 0.2) is 5.15 Å². The number of halogens is 2. The molecule has 2 atom stereocenters. The van der Waals surface area contributed by atoms with Gasteiger partial charge in [0.25, 0.3) is 0 Å². The number of carbonyl (C=O) groups is 1. The SMILES string of the molecule is O=C(O)N1C2CC(F)CC1CC(Oc1ccc(Cl)nn1)C2. The van der Waals surface area contributed by atoms with Crippen LogP contribution in [-0.4, -0.2) is 50.7 Å². The Balaban J connectivity index is 1.70. The number of amides is 1. The molecule has 2 fully saturated rings. The van der Waals surface area contributed by atoms with Crippen molar-refractivity contribution in [1.29, 1.82) is 0 Å². The van der Waals surface area contributed by atoms with E-state index < -0.39 is 12.3 Å². The fourth-order valence-corrected chi connectivity index (χ4v) is 3.38. The molecule has 0 radical (unpaired) electrons. The van der Waals surface area contributed by atoms with E-state index in [4.69, 9.17) is 16.3 Å². The highest BCUT2D eigenvalue weighted by atomic mass is 35.5. The Morgan fingerprint density at radius 1 is 1.29 bits per heavy atom. The van der Waals surface area contributed by atoms with E-state index in [1.165, 1.54) is 4.90 Å². The molecular weight excluding hydrogens is 301 g/mol. The van der Waals surface area contributed by atoms with E-state index in [1.807, 2.05) is 0 Å². The number of ether oxygens (including phenoxy) is 1. The van der Waals surface area contributed by atoms with Crippen molar-refractivity contribution >= 4 is 17.7 Å². The first-order valence-electron chi connectivity index (χ1n) is 6.84. The normalized spacial score (nSPS) is 31.8. The summed E-state index contributed by atoms with van der Waals surface area (Å²) >= 11 is 5.66. The number of rotatable bonds is 2. The first-order valence-corrected chi connectivity index (χ1v) is 7.22. The summed E-state index contributed by atoms with van der Waals surface area (Å²) in [6, 6.07) is 2.52. The number of carboxylic acid groups (broad SMARTS) is 1. The van der Waals surface area contributed by atoms with E-state index in [9.17, 15) is 14.3 Å². The van der Waals surface area contributed by atoms with Gasteiger partial charge in [-0.05, 0) is 18.9 Å². The predicted octanol–water partition coefficient (Wildman–Crippen LogP) is 2.52. The van der Waals surface area contributed by atoms with Crippen molar-refractivity contribution in [3.8, 4) is 5.88 Å². The summed E-state index contributed by atoms with van der Waals surface area (Å²) in [5.74, 6) is 0.350. The van der Waals surface area contributed by atoms with Crippen LogP contribution in [0, 0.1) is 0 Å². The Morgan fingerprint density at radius 2 is 1.95 bits per heavy atom. The fraction of sp³-hybridized carbons (Fsp3) is 0.615. The molecule has 2 saturated heterocycles. The lowest BCUT2D eigenvalue weighted by Crippen LogP contribution is -2.58. The molecule has 1 N–H and O–H groups in total. The second-order valence-electron chi connectivity index (χ2n) is 5.47. The highest BCUT2D eigenvalue weighted by Crippen LogP contribution is 2.36. The van der Waals surface area contributed by atoms with Crippen LogP contribution in [0.3, 0.4) is 0 Å². The molecule has 2 bridgehead atoms. The molecule has 3 heterocycles. The van der Waals surface area contributed by atoms with Crippen LogP contribution in [0.15, 0.2) is 12.1 Å². The minimum Gasteiger partial charge on any atom is -0.473 e. The molecule has 0 aromatic carbocycles. The van der Waals surface area contributed by atoms with Gasteiger partial charge in [-0.3, -0.25) is 0 Å². The fourth-order valence-electron chi connectivity index (χ4n) is 3.28.